The lowest BCUT2D eigenvalue weighted by molar-refractivity contribution is 0.0162. The summed E-state index contributed by atoms with van der Waals surface area (Å²) in [5, 5.41) is 13.8. The van der Waals surface area contributed by atoms with Gasteiger partial charge in [0.15, 0.2) is 0 Å². The van der Waals surface area contributed by atoms with Gasteiger partial charge in [-0.3, -0.25) is 0 Å². The van der Waals surface area contributed by atoms with Gasteiger partial charge in [-0.15, -0.1) is 0 Å². The Morgan fingerprint density at radius 1 is 1.29 bits per heavy atom. The van der Waals surface area contributed by atoms with Crippen LogP contribution in [0.5, 0.6) is 5.75 Å². The molecule has 0 aromatic heterocycles. The van der Waals surface area contributed by atoms with Crippen LogP contribution in [-0.2, 0) is 11.3 Å². The first-order chi connectivity index (χ1) is 10.0. The van der Waals surface area contributed by atoms with Crippen molar-refractivity contribution in [2.24, 2.45) is 5.92 Å². The topological polar surface area (TPSA) is 50.7 Å². The van der Waals surface area contributed by atoms with Gasteiger partial charge in [-0.05, 0) is 31.5 Å². The Morgan fingerprint density at radius 2 is 2.05 bits per heavy atom. The minimum Gasteiger partial charge on any atom is -0.490 e. The first-order valence-corrected chi connectivity index (χ1v) is 7.79. The van der Waals surface area contributed by atoms with E-state index in [0.717, 1.165) is 12.1 Å². The van der Waals surface area contributed by atoms with Crippen LogP contribution < -0.4 is 10.1 Å². The molecule has 0 bridgehead atoms. The lowest BCUT2D eigenvalue weighted by Gasteiger charge is -2.16. The molecule has 1 aromatic rings. The number of hydrogen-bond donors (Lipinski definition) is 2. The van der Waals surface area contributed by atoms with E-state index in [1.807, 2.05) is 25.1 Å². The van der Waals surface area contributed by atoms with Crippen molar-refractivity contribution in [1.82, 2.24) is 5.32 Å². The summed E-state index contributed by atoms with van der Waals surface area (Å²) in [4.78, 5) is 0. The number of nitrogens with one attached hydrogen (secondary N) is 1. The maximum Gasteiger partial charge on any atom is 0.125 e. The van der Waals surface area contributed by atoms with Crippen LogP contribution in [0.25, 0.3) is 0 Å². The summed E-state index contributed by atoms with van der Waals surface area (Å²) < 4.78 is 10.8. The second-order valence-corrected chi connectivity index (χ2v) is 5.77. The lowest BCUT2D eigenvalue weighted by Crippen LogP contribution is -2.24. The fraction of sp³-hybridized carbons (Fsp3) is 0.625. The van der Waals surface area contributed by atoms with E-state index >= 15 is 0 Å². The number of ether oxygens (including phenoxy) is 2. The molecular weight excluding hydrogens is 290 g/mol. The fourth-order valence-corrected chi connectivity index (χ4v) is 2.05. The molecule has 4 nitrogen and oxygen atoms in total. The largest absolute Gasteiger partial charge is 0.490 e. The fourth-order valence-electron chi connectivity index (χ4n) is 1.82. The normalized spacial score (nSPS) is 12.7. The van der Waals surface area contributed by atoms with Crippen molar-refractivity contribution in [1.29, 1.82) is 0 Å². The standard InChI is InChI=1S/C16H26ClNO3/c1-4-20-10-13(19)11-21-16-7-5-6-15(17)14(16)9-18-8-12(2)3/h5-7,12-13,18-19H,4,8-11H2,1-3H3. The first-order valence-electron chi connectivity index (χ1n) is 7.41. The molecule has 0 aliphatic heterocycles. The molecule has 2 N–H and O–H groups in total. The summed E-state index contributed by atoms with van der Waals surface area (Å²) in [5.74, 6) is 1.28. The van der Waals surface area contributed by atoms with Crippen molar-refractivity contribution in [3.8, 4) is 5.75 Å². The van der Waals surface area contributed by atoms with Gasteiger partial charge in [-0.1, -0.05) is 31.5 Å². The van der Waals surface area contributed by atoms with E-state index in [9.17, 15) is 5.11 Å². The van der Waals surface area contributed by atoms with Gasteiger partial charge >= 0.3 is 0 Å². The smallest absolute Gasteiger partial charge is 0.125 e. The van der Waals surface area contributed by atoms with Crippen LogP contribution >= 0.6 is 11.6 Å². The second kappa shape index (κ2) is 10.0. The predicted molar refractivity (Wildman–Crippen MR) is 86.0 cm³/mol. The second-order valence-electron chi connectivity index (χ2n) is 5.37. The first kappa shape index (κ1) is 18.2. The Hall–Kier alpha value is -0.810. The van der Waals surface area contributed by atoms with E-state index in [0.29, 0.717) is 29.8 Å². The van der Waals surface area contributed by atoms with Crippen molar-refractivity contribution in [2.75, 3.05) is 26.4 Å². The predicted octanol–water partition coefficient (Wildman–Crippen LogP) is 2.86. The Morgan fingerprint density at radius 3 is 2.71 bits per heavy atom. The molecule has 0 spiro atoms. The lowest BCUT2D eigenvalue weighted by atomic mass is 10.1. The molecule has 0 amide bonds. The van der Waals surface area contributed by atoms with Gasteiger partial charge < -0.3 is 19.9 Å². The van der Waals surface area contributed by atoms with Crippen molar-refractivity contribution < 1.29 is 14.6 Å². The molecule has 0 aliphatic rings. The van der Waals surface area contributed by atoms with Crippen molar-refractivity contribution in [3.63, 3.8) is 0 Å². The third kappa shape index (κ3) is 7.14. The summed E-state index contributed by atoms with van der Waals surface area (Å²) >= 11 is 6.24. The van der Waals surface area contributed by atoms with Gasteiger partial charge in [0.25, 0.3) is 0 Å². The maximum atomic E-state index is 9.75. The molecule has 1 rings (SSSR count). The molecule has 5 heteroatoms. The van der Waals surface area contributed by atoms with Gasteiger partial charge in [-0.2, -0.15) is 0 Å². The molecule has 0 saturated carbocycles. The summed E-state index contributed by atoms with van der Waals surface area (Å²) in [6, 6.07) is 5.56. The van der Waals surface area contributed by atoms with Gasteiger partial charge in [-0.25, -0.2) is 0 Å². The molecular formula is C16H26ClNO3. The third-order valence-electron chi connectivity index (χ3n) is 2.88. The molecule has 0 radical (unpaired) electrons. The highest BCUT2D eigenvalue weighted by molar-refractivity contribution is 6.31. The van der Waals surface area contributed by atoms with E-state index in [-0.39, 0.29) is 13.2 Å². The molecule has 0 aliphatic carbocycles. The SMILES string of the molecule is CCOCC(O)COc1cccc(Cl)c1CNCC(C)C. The number of halogens is 1. The highest BCUT2D eigenvalue weighted by Crippen LogP contribution is 2.26. The van der Waals surface area contributed by atoms with E-state index < -0.39 is 6.10 Å². The van der Waals surface area contributed by atoms with E-state index in [4.69, 9.17) is 21.1 Å². The summed E-state index contributed by atoms with van der Waals surface area (Å²) in [6.45, 7) is 8.81. The average molecular weight is 316 g/mol. The summed E-state index contributed by atoms with van der Waals surface area (Å²) in [5.41, 5.74) is 0.920. The van der Waals surface area contributed by atoms with E-state index in [1.54, 1.807) is 0 Å². The van der Waals surface area contributed by atoms with Gasteiger partial charge in [0, 0.05) is 23.7 Å². The number of hydrogen-bond acceptors (Lipinski definition) is 4. The Kier molecular flexibility index (Phi) is 8.69. The van der Waals surface area contributed by atoms with Crippen LogP contribution in [0.4, 0.5) is 0 Å². The number of benzene rings is 1. The van der Waals surface area contributed by atoms with Crippen LogP contribution in [0.1, 0.15) is 26.3 Å². The number of rotatable bonds is 10. The minimum absolute atomic E-state index is 0.192. The van der Waals surface area contributed by atoms with E-state index in [1.165, 1.54) is 0 Å². The molecule has 1 unspecified atom stereocenters. The zero-order valence-corrected chi connectivity index (χ0v) is 13.8. The molecule has 0 saturated heterocycles. The van der Waals surface area contributed by atoms with Crippen molar-refractivity contribution >= 4 is 11.6 Å². The number of aliphatic hydroxyl groups excluding tert-OH is 1. The highest BCUT2D eigenvalue weighted by atomic mass is 35.5. The Labute approximate surface area is 132 Å². The van der Waals surface area contributed by atoms with Crippen LogP contribution in [0, 0.1) is 5.92 Å². The highest BCUT2D eigenvalue weighted by Gasteiger charge is 2.11. The van der Waals surface area contributed by atoms with Crippen LogP contribution in [0.2, 0.25) is 5.02 Å². The van der Waals surface area contributed by atoms with Gasteiger partial charge in [0.1, 0.15) is 18.5 Å². The molecule has 1 aromatic carbocycles. The Balaban J connectivity index is 2.58. The Bertz CT molecular complexity index is 413. The molecule has 1 atom stereocenters. The van der Waals surface area contributed by atoms with Crippen LogP contribution in [0.3, 0.4) is 0 Å². The van der Waals surface area contributed by atoms with Crippen LogP contribution in [0.15, 0.2) is 18.2 Å². The molecule has 0 fully saturated rings. The minimum atomic E-state index is -0.639. The molecule has 21 heavy (non-hydrogen) atoms. The molecule has 120 valence electrons. The summed E-state index contributed by atoms with van der Waals surface area (Å²) in [7, 11) is 0. The molecule has 0 heterocycles. The van der Waals surface area contributed by atoms with Crippen LogP contribution in [-0.4, -0.2) is 37.6 Å². The average Bonchev–Trinajstić information content (AvgIpc) is 2.44. The van der Waals surface area contributed by atoms with Crippen molar-refractivity contribution in [3.05, 3.63) is 28.8 Å². The third-order valence-corrected chi connectivity index (χ3v) is 3.23. The summed E-state index contributed by atoms with van der Waals surface area (Å²) in [6.07, 6.45) is -0.639. The van der Waals surface area contributed by atoms with E-state index in [2.05, 4.69) is 19.2 Å². The zero-order valence-electron chi connectivity index (χ0n) is 13.1. The van der Waals surface area contributed by atoms with Crippen molar-refractivity contribution in [2.45, 2.75) is 33.4 Å². The quantitative estimate of drug-likeness (QED) is 0.697. The monoisotopic (exact) mass is 315 g/mol. The maximum absolute atomic E-state index is 9.75. The van der Waals surface area contributed by atoms with Gasteiger partial charge in [0.2, 0.25) is 0 Å². The zero-order chi connectivity index (χ0) is 15.7. The van der Waals surface area contributed by atoms with Gasteiger partial charge in [0.05, 0.1) is 6.61 Å². The number of aliphatic hydroxyl groups is 1.